The standard InChI is InChI=1S/C25H26N8O/c1-25(2,3)33-16-20(14-29-33)24(34)27-12-17-5-7-18(8-6-17)23-30-21(19-13-28-31(4)15-19)11-22-26-9-10-32(22)23/h5-11,13-16H,12H2,1-4H3,(H,27,34). The fourth-order valence-electron chi connectivity index (χ4n) is 3.69. The summed E-state index contributed by atoms with van der Waals surface area (Å²) in [6.45, 7) is 6.55. The first-order valence-electron chi connectivity index (χ1n) is 11.0. The van der Waals surface area contributed by atoms with Crippen LogP contribution in [-0.4, -0.2) is 39.8 Å². The van der Waals surface area contributed by atoms with Crippen LogP contribution in [0.5, 0.6) is 0 Å². The van der Waals surface area contributed by atoms with Gasteiger partial charge in [-0.15, -0.1) is 0 Å². The van der Waals surface area contributed by atoms with E-state index in [0.29, 0.717) is 12.1 Å². The normalized spacial score (nSPS) is 11.8. The molecule has 1 N–H and O–H groups in total. The van der Waals surface area contributed by atoms with Crippen LogP contribution < -0.4 is 5.32 Å². The van der Waals surface area contributed by atoms with Crippen molar-refractivity contribution in [2.45, 2.75) is 32.9 Å². The highest BCUT2D eigenvalue weighted by Gasteiger charge is 2.17. The van der Waals surface area contributed by atoms with Crippen LogP contribution in [0.25, 0.3) is 28.3 Å². The highest BCUT2D eigenvalue weighted by Crippen LogP contribution is 2.25. The molecule has 0 saturated heterocycles. The Morgan fingerprint density at radius 1 is 1.03 bits per heavy atom. The molecule has 4 heterocycles. The molecule has 0 unspecified atom stereocenters. The second-order valence-electron chi connectivity index (χ2n) is 9.25. The molecule has 0 saturated carbocycles. The third-order valence-electron chi connectivity index (χ3n) is 5.59. The summed E-state index contributed by atoms with van der Waals surface area (Å²) in [6, 6.07) is 9.96. The summed E-state index contributed by atoms with van der Waals surface area (Å²) < 4.78 is 5.51. The van der Waals surface area contributed by atoms with Gasteiger partial charge in [0.15, 0.2) is 0 Å². The molecule has 0 atom stereocenters. The van der Waals surface area contributed by atoms with Crippen molar-refractivity contribution in [2.75, 3.05) is 0 Å². The zero-order valence-corrected chi connectivity index (χ0v) is 19.6. The molecule has 0 bridgehead atoms. The Morgan fingerprint density at radius 3 is 2.50 bits per heavy atom. The van der Waals surface area contributed by atoms with Crippen LogP contribution in [-0.2, 0) is 19.1 Å². The largest absolute Gasteiger partial charge is 0.348 e. The molecule has 34 heavy (non-hydrogen) atoms. The molecule has 9 heteroatoms. The number of nitrogens with zero attached hydrogens (tertiary/aromatic N) is 7. The molecule has 0 aliphatic rings. The van der Waals surface area contributed by atoms with Gasteiger partial charge in [-0.05, 0) is 26.3 Å². The van der Waals surface area contributed by atoms with Crippen molar-refractivity contribution in [3.63, 3.8) is 0 Å². The number of rotatable bonds is 5. The van der Waals surface area contributed by atoms with E-state index in [1.807, 2.05) is 74.9 Å². The third kappa shape index (κ3) is 4.19. The summed E-state index contributed by atoms with van der Waals surface area (Å²) in [6.07, 6.45) is 10.8. The maximum absolute atomic E-state index is 12.5. The summed E-state index contributed by atoms with van der Waals surface area (Å²) in [5.41, 5.74) is 4.89. The molecule has 5 aromatic rings. The van der Waals surface area contributed by atoms with Crippen molar-refractivity contribution in [3.8, 4) is 22.6 Å². The molecule has 9 nitrogen and oxygen atoms in total. The van der Waals surface area contributed by atoms with Crippen molar-refractivity contribution < 1.29 is 4.79 Å². The van der Waals surface area contributed by atoms with Gasteiger partial charge in [0.1, 0.15) is 11.5 Å². The van der Waals surface area contributed by atoms with Crippen LogP contribution in [0.4, 0.5) is 0 Å². The second-order valence-corrected chi connectivity index (χ2v) is 9.25. The molecule has 0 radical (unpaired) electrons. The molecule has 0 fully saturated rings. The van der Waals surface area contributed by atoms with E-state index in [4.69, 9.17) is 4.98 Å². The minimum absolute atomic E-state index is 0.148. The lowest BCUT2D eigenvalue weighted by Gasteiger charge is -2.18. The molecule has 1 amide bonds. The van der Waals surface area contributed by atoms with Crippen LogP contribution in [0.2, 0.25) is 0 Å². The van der Waals surface area contributed by atoms with Crippen molar-refractivity contribution >= 4 is 11.6 Å². The van der Waals surface area contributed by atoms with Gasteiger partial charge < -0.3 is 5.32 Å². The lowest BCUT2D eigenvalue weighted by atomic mass is 10.1. The van der Waals surface area contributed by atoms with Gasteiger partial charge in [0.25, 0.3) is 5.91 Å². The number of carbonyl (C=O) groups is 1. The maximum Gasteiger partial charge on any atom is 0.254 e. The monoisotopic (exact) mass is 454 g/mol. The first-order valence-corrected chi connectivity index (χ1v) is 11.0. The van der Waals surface area contributed by atoms with Gasteiger partial charge in [0.05, 0.1) is 29.2 Å². The molecule has 5 rings (SSSR count). The smallest absolute Gasteiger partial charge is 0.254 e. The van der Waals surface area contributed by atoms with E-state index < -0.39 is 0 Å². The number of imidazole rings is 1. The van der Waals surface area contributed by atoms with Crippen LogP contribution in [0.15, 0.2) is 67.5 Å². The number of benzene rings is 1. The average Bonchev–Trinajstić information content (AvgIpc) is 3.57. The zero-order valence-electron chi connectivity index (χ0n) is 19.6. The predicted molar refractivity (Wildman–Crippen MR) is 129 cm³/mol. The summed E-state index contributed by atoms with van der Waals surface area (Å²) in [5.74, 6) is 0.643. The summed E-state index contributed by atoms with van der Waals surface area (Å²) in [5, 5.41) is 11.5. The molecule has 0 aliphatic heterocycles. The van der Waals surface area contributed by atoms with E-state index in [-0.39, 0.29) is 11.4 Å². The zero-order chi connectivity index (χ0) is 23.9. The topological polar surface area (TPSA) is 94.9 Å². The summed E-state index contributed by atoms with van der Waals surface area (Å²) >= 11 is 0. The van der Waals surface area contributed by atoms with Gasteiger partial charge >= 0.3 is 0 Å². The number of amides is 1. The fourth-order valence-corrected chi connectivity index (χ4v) is 3.69. The number of hydrogen-bond donors (Lipinski definition) is 1. The highest BCUT2D eigenvalue weighted by atomic mass is 16.1. The molecule has 172 valence electrons. The Kier molecular flexibility index (Phi) is 5.24. The summed E-state index contributed by atoms with van der Waals surface area (Å²) in [7, 11) is 1.88. The number of aromatic nitrogens is 7. The van der Waals surface area contributed by atoms with Gasteiger partial charge in [-0.2, -0.15) is 10.2 Å². The minimum Gasteiger partial charge on any atom is -0.348 e. The maximum atomic E-state index is 12.5. The van der Waals surface area contributed by atoms with E-state index in [0.717, 1.165) is 33.9 Å². The van der Waals surface area contributed by atoms with Crippen molar-refractivity contribution in [2.24, 2.45) is 7.05 Å². The number of aryl methyl sites for hydroxylation is 1. The number of carbonyl (C=O) groups excluding carboxylic acids is 1. The minimum atomic E-state index is -0.169. The van der Waals surface area contributed by atoms with Crippen molar-refractivity contribution in [3.05, 3.63) is 78.6 Å². The van der Waals surface area contributed by atoms with Gasteiger partial charge in [0.2, 0.25) is 0 Å². The van der Waals surface area contributed by atoms with E-state index in [1.165, 1.54) is 0 Å². The van der Waals surface area contributed by atoms with E-state index in [9.17, 15) is 4.79 Å². The van der Waals surface area contributed by atoms with Crippen LogP contribution in [0.1, 0.15) is 36.7 Å². The van der Waals surface area contributed by atoms with Crippen LogP contribution in [0, 0.1) is 0 Å². The predicted octanol–water partition coefficient (Wildman–Crippen LogP) is 3.68. The van der Waals surface area contributed by atoms with Gasteiger partial charge in [-0.25, -0.2) is 9.97 Å². The first kappa shape index (κ1) is 21.6. The van der Waals surface area contributed by atoms with Crippen LogP contribution >= 0.6 is 0 Å². The van der Waals surface area contributed by atoms with Crippen molar-refractivity contribution in [1.29, 1.82) is 0 Å². The Bertz CT molecular complexity index is 1470. The Morgan fingerprint density at radius 2 is 1.82 bits per heavy atom. The Labute approximate surface area is 197 Å². The molecular formula is C25H26N8O. The number of nitrogens with one attached hydrogen (secondary N) is 1. The molecule has 1 aromatic carbocycles. The highest BCUT2D eigenvalue weighted by molar-refractivity contribution is 5.93. The number of fused-ring (bicyclic) bond motifs is 1. The second kappa shape index (κ2) is 8.26. The van der Waals surface area contributed by atoms with Gasteiger partial charge in [-0.1, -0.05) is 24.3 Å². The third-order valence-corrected chi connectivity index (χ3v) is 5.59. The Balaban J connectivity index is 1.35. The average molecular weight is 455 g/mol. The first-order chi connectivity index (χ1) is 16.3. The SMILES string of the molecule is Cn1cc(-c2cc3nccn3c(-c3ccc(CNC(=O)c4cnn(C(C)(C)C)c4)cc3)n2)cn1. The van der Waals surface area contributed by atoms with Crippen LogP contribution in [0.3, 0.4) is 0 Å². The molecule has 0 spiro atoms. The summed E-state index contributed by atoms with van der Waals surface area (Å²) in [4.78, 5) is 21.9. The Hall–Kier alpha value is -4.27. The molecule has 4 aromatic heterocycles. The van der Waals surface area contributed by atoms with Gasteiger partial charge in [0, 0.05) is 55.6 Å². The van der Waals surface area contributed by atoms with E-state index in [1.54, 1.807) is 34.2 Å². The lowest BCUT2D eigenvalue weighted by Crippen LogP contribution is -2.24. The molecular weight excluding hydrogens is 428 g/mol. The van der Waals surface area contributed by atoms with Crippen molar-refractivity contribution in [1.82, 2.24) is 39.2 Å². The van der Waals surface area contributed by atoms with E-state index >= 15 is 0 Å². The lowest BCUT2D eigenvalue weighted by molar-refractivity contribution is 0.0950. The fraction of sp³-hybridized carbons (Fsp3) is 0.240. The number of hydrogen-bond acceptors (Lipinski definition) is 5. The molecule has 0 aliphatic carbocycles. The quantitative estimate of drug-likeness (QED) is 0.437. The van der Waals surface area contributed by atoms with E-state index in [2.05, 4.69) is 20.5 Å². The van der Waals surface area contributed by atoms with Gasteiger partial charge in [-0.3, -0.25) is 18.6 Å².